The highest BCUT2D eigenvalue weighted by Gasteiger charge is 2.28. The number of amides is 2. The smallest absolute Gasteiger partial charge is 0.290 e. The molecule has 0 bridgehead atoms. The van der Waals surface area contributed by atoms with Gasteiger partial charge in [-0.2, -0.15) is 0 Å². The van der Waals surface area contributed by atoms with Crippen molar-refractivity contribution in [3.63, 3.8) is 0 Å². The lowest BCUT2D eigenvalue weighted by Gasteiger charge is -2.35. The molecule has 8 heteroatoms. The third-order valence-corrected chi connectivity index (χ3v) is 6.39. The van der Waals surface area contributed by atoms with Crippen LogP contribution in [-0.4, -0.2) is 36.4 Å². The number of hydrogen-bond donors (Lipinski definition) is 2. The number of thioether (sulfide) groups is 1. The summed E-state index contributed by atoms with van der Waals surface area (Å²) >= 11 is 0.943. The first kappa shape index (κ1) is 22.0. The predicted molar refractivity (Wildman–Crippen MR) is 120 cm³/mol. The van der Waals surface area contributed by atoms with E-state index in [4.69, 9.17) is 10.5 Å². The minimum absolute atomic E-state index is 0. The number of para-hydroxylation sites is 1. The summed E-state index contributed by atoms with van der Waals surface area (Å²) < 4.78 is 6.44. The number of halogens is 1. The lowest BCUT2D eigenvalue weighted by Crippen LogP contribution is -2.43. The van der Waals surface area contributed by atoms with Crippen LogP contribution in [0.3, 0.4) is 0 Å². The third-order valence-electron chi connectivity index (χ3n) is 5.58. The van der Waals surface area contributed by atoms with E-state index in [-0.39, 0.29) is 35.7 Å². The number of carbonyl (C=O) groups excluding carboxylic acids is 2. The average Bonchev–Trinajstić information content (AvgIpc) is 3.00. The molecule has 29 heavy (non-hydrogen) atoms. The molecule has 2 amide bonds. The maximum absolute atomic E-state index is 12.0. The van der Waals surface area contributed by atoms with Crippen molar-refractivity contribution in [1.29, 1.82) is 0 Å². The number of nitrogens with one attached hydrogen (secondary N) is 1. The van der Waals surface area contributed by atoms with Crippen LogP contribution in [-0.2, 0) is 4.79 Å². The number of nitrogens with two attached hydrogens (primary N) is 1. The van der Waals surface area contributed by atoms with Crippen LogP contribution in [0.1, 0.15) is 50.5 Å². The van der Waals surface area contributed by atoms with Gasteiger partial charge in [-0.3, -0.25) is 14.9 Å². The summed E-state index contributed by atoms with van der Waals surface area (Å²) in [6.07, 6.45) is 9.93. The highest BCUT2D eigenvalue weighted by molar-refractivity contribution is 8.18. The van der Waals surface area contributed by atoms with E-state index in [0.717, 1.165) is 67.5 Å². The highest BCUT2D eigenvalue weighted by Crippen LogP contribution is 2.39. The van der Waals surface area contributed by atoms with Crippen LogP contribution in [0.5, 0.6) is 5.75 Å². The summed E-state index contributed by atoms with van der Waals surface area (Å²) in [6.45, 7) is 1.67. The number of ether oxygens (including phenoxy) is 1. The van der Waals surface area contributed by atoms with Crippen LogP contribution >= 0.6 is 24.2 Å². The van der Waals surface area contributed by atoms with Crippen molar-refractivity contribution in [1.82, 2.24) is 5.32 Å². The van der Waals surface area contributed by atoms with Gasteiger partial charge < -0.3 is 15.4 Å². The Morgan fingerprint density at radius 1 is 1.14 bits per heavy atom. The summed E-state index contributed by atoms with van der Waals surface area (Å²) in [5, 5.41) is 2.00. The quantitative estimate of drug-likeness (QED) is 0.690. The second kappa shape index (κ2) is 9.87. The first-order valence-corrected chi connectivity index (χ1v) is 11.0. The SMILES string of the molecule is Cl.NC1CCCN(c2c(/C=C3/SC(=O)NC3=O)cccc2OC2CCCCC2)C1. The number of anilines is 1. The molecule has 3 N–H and O–H groups in total. The number of nitrogens with zero attached hydrogens (tertiary/aromatic N) is 1. The zero-order valence-corrected chi connectivity index (χ0v) is 18.0. The van der Waals surface area contributed by atoms with Gasteiger partial charge in [0.25, 0.3) is 11.1 Å². The number of carbonyl (C=O) groups is 2. The zero-order chi connectivity index (χ0) is 19.5. The summed E-state index contributed by atoms with van der Waals surface area (Å²) in [6, 6.07) is 6.08. The minimum atomic E-state index is -0.338. The third kappa shape index (κ3) is 5.27. The van der Waals surface area contributed by atoms with Gasteiger partial charge in [0.15, 0.2) is 0 Å². The van der Waals surface area contributed by atoms with Gasteiger partial charge in [-0.25, -0.2) is 0 Å². The Labute approximate surface area is 182 Å². The van der Waals surface area contributed by atoms with Gasteiger partial charge in [0.05, 0.1) is 16.7 Å². The molecule has 2 aliphatic heterocycles. The molecule has 2 saturated heterocycles. The lowest BCUT2D eigenvalue weighted by molar-refractivity contribution is -0.115. The second-order valence-corrected chi connectivity index (χ2v) is 8.79. The van der Waals surface area contributed by atoms with Crippen LogP contribution in [0.25, 0.3) is 6.08 Å². The molecule has 2 heterocycles. The number of hydrogen-bond acceptors (Lipinski definition) is 6. The van der Waals surface area contributed by atoms with Crippen LogP contribution in [0.15, 0.2) is 23.1 Å². The van der Waals surface area contributed by atoms with Crippen LogP contribution in [0, 0.1) is 0 Å². The van der Waals surface area contributed by atoms with Crippen molar-refractivity contribution in [2.75, 3.05) is 18.0 Å². The van der Waals surface area contributed by atoms with E-state index < -0.39 is 0 Å². The molecule has 0 spiro atoms. The summed E-state index contributed by atoms with van der Waals surface area (Å²) in [4.78, 5) is 26.3. The van der Waals surface area contributed by atoms with Crippen molar-refractivity contribution < 1.29 is 14.3 Å². The maximum atomic E-state index is 12.0. The molecule has 1 unspecified atom stereocenters. The number of piperidine rings is 1. The highest BCUT2D eigenvalue weighted by atomic mass is 35.5. The van der Waals surface area contributed by atoms with Crippen LogP contribution < -0.4 is 20.7 Å². The largest absolute Gasteiger partial charge is 0.488 e. The first-order valence-electron chi connectivity index (χ1n) is 10.2. The van der Waals surface area contributed by atoms with Gasteiger partial charge in [-0.05, 0) is 62.4 Å². The zero-order valence-electron chi connectivity index (χ0n) is 16.4. The molecule has 3 fully saturated rings. The van der Waals surface area contributed by atoms with Crippen molar-refractivity contribution >= 4 is 47.1 Å². The first-order chi connectivity index (χ1) is 13.6. The van der Waals surface area contributed by atoms with Crippen molar-refractivity contribution in [3.8, 4) is 5.75 Å². The fourth-order valence-electron chi connectivity index (χ4n) is 4.23. The normalized spacial score (nSPS) is 24.4. The van der Waals surface area contributed by atoms with E-state index in [9.17, 15) is 9.59 Å². The molecule has 1 atom stereocenters. The number of imide groups is 1. The van der Waals surface area contributed by atoms with E-state index in [1.54, 1.807) is 6.08 Å². The van der Waals surface area contributed by atoms with Gasteiger partial charge >= 0.3 is 0 Å². The van der Waals surface area contributed by atoms with E-state index >= 15 is 0 Å². The van der Waals surface area contributed by atoms with Gasteiger partial charge in [-0.15, -0.1) is 12.4 Å². The van der Waals surface area contributed by atoms with Crippen LogP contribution in [0.4, 0.5) is 10.5 Å². The Hall–Kier alpha value is -1.70. The predicted octanol–water partition coefficient (Wildman–Crippen LogP) is 4.07. The fraction of sp³-hybridized carbons (Fsp3) is 0.524. The number of benzene rings is 1. The minimum Gasteiger partial charge on any atom is -0.488 e. The molecular formula is C21H28ClN3O3S. The molecule has 1 aromatic rings. The monoisotopic (exact) mass is 437 g/mol. The van der Waals surface area contributed by atoms with Gasteiger partial charge in [-0.1, -0.05) is 18.6 Å². The van der Waals surface area contributed by atoms with Crippen molar-refractivity contribution in [2.45, 2.75) is 57.1 Å². The Kier molecular flexibility index (Phi) is 7.49. The average molecular weight is 438 g/mol. The maximum Gasteiger partial charge on any atom is 0.290 e. The van der Waals surface area contributed by atoms with E-state index in [1.807, 2.05) is 18.2 Å². The van der Waals surface area contributed by atoms with Crippen molar-refractivity contribution in [3.05, 3.63) is 28.7 Å². The molecule has 1 aliphatic carbocycles. The Morgan fingerprint density at radius 3 is 2.62 bits per heavy atom. The molecule has 3 aliphatic rings. The second-order valence-electron chi connectivity index (χ2n) is 7.77. The number of rotatable bonds is 4. The van der Waals surface area contributed by atoms with Crippen molar-refractivity contribution in [2.24, 2.45) is 5.73 Å². The van der Waals surface area contributed by atoms with Crippen LogP contribution in [0.2, 0.25) is 0 Å². The van der Waals surface area contributed by atoms with E-state index in [1.165, 1.54) is 19.3 Å². The van der Waals surface area contributed by atoms with Gasteiger partial charge in [0.1, 0.15) is 5.75 Å². The molecule has 1 saturated carbocycles. The summed E-state index contributed by atoms with van der Waals surface area (Å²) in [7, 11) is 0. The van der Waals surface area contributed by atoms with Gasteiger partial charge in [0, 0.05) is 24.7 Å². The Morgan fingerprint density at radius 2 is 1.93 bits per heavy atom. The van der Waals surface area contributed by atoms with Gasteiger partial charge in [0.2, 0.25) is 0 Å². The summed E-state index contributed by atoms with van der Waals surface area (Å²) in [5.41, 5.74) is 8.13. The molecule has 1 aromatic carbocycles. The topological polar surface area (TPSA) is 84.7 Å². The molecule has 158 valence electrons. The fourth-order valence-corrected chi connectivity index (χ4v) is 4.90. The molecule has 6 nitrogen and oxygen atoms in total. The molecule has 4 rings (SSSR count). The van der Waals surface area contributed by atoms with E-state index in [0.29, 0.717) is 4.91 Å². The summed E-state index contributed by atoms with van der Waals surface area (Å²) in [5.74, 6) is 0.514. The molecule has 0 radical (unpaired) electrons. The molecular weight excluding hydrogens is 410 g/mol. The Bertz CT molecular complexity index is 795. The van der Waals surface area contributed by atoms with E-state index in [2.05, 4.69) is 10.2 Å². The standard InChI is InChI=1S/C21H27N3O3S.ClH/c22-15-7-5-11-24(13-15)19-14(12-18-20(25)23-21(26)28-18)6-4-10-17(19)27-16-8-2-1-3-9-16;/h4,6,10,12,15-16H,1-3,5,7-9,11,13,22H2,(H,23,25,26);1H/b18-12+;. The Balaban J connectivity index is 0.00000240. The lowest BCUT2D eigenvalue weighted by atomic mass is 9.97. The molecule has 0 aromatic heterocycles.